The van der Waals surface area contributed by atoms with Gasteiger partial charge in [-0.25, -0.2) is 0 Å². The van der Waals surface area contributed by atoms with Gasteiger partial charge in [-0.1, -0.05) is 20.8 Å². The molecule has 0 aromatic heterocycles. The number of fused-ring (bicyclic) bond motifs is 5. The van der Waals surface area contributed by atoms with Crippen molar-refractivity contribution in [3.8, 4) is 0 Å². The van der Waals surface area contributed by atoms with E-state index in [1.807, 2.05) is 0 Å². The number of hydrogen-bond acceptors (Lipinski definition) is 5. The lowest BCUT2D eigenvalue weighted by atomic mass is 9.43. The number of aliphatic hydroxyl groups excluding tert-OH is 3. The monoisotopic (exact) mass is 422 g/mol. The molecule has 5 nitrogen and oxygen atoms in total. The van der Waals surface area contributed by atoms with Crippen LogP contribution in [0.3, 0.4) is 0 Å². The molecule has 0 aromatic rings. The highest BCUT2D eigenvalue weighted by Gasteiger charge is 2.65. The fourth-order valence-electron chi connectivity index (χ4n) is 8.78. The summed E-state index contributed by atoms with van der Waals surface area (Å²) in [6.07, 6.45) is 6.60. The fraction of sp³-hybridized carbons (Fsp3) is 0.960. The second kappa shape index (κ2) is 8.04. The van der Waals surface area contributed by atoms with Crippen LogP contribution in [-0.2, 0) is 9.53 Å². The summed E-state index contributed by atoms with van der Waals surface area (Å²) < 4.78 is 4.83. The Hall–Kier alpha value is -0.650. The van der Waals surface area contributed by atoms with Crippen LogP contribution in [0.5, 0.6) is 0 Å². The zero-order valence-electron chi connectivity index (χ0n) is 19.2. The van der Waals surface area contributed by atoms with E-state index in [2.05, 4.69) is 20.8 Å². The van der Waals surface area contributed by atoms with E-state index in [4.69, 9.17) is 4.74 Å². The standard InChI is InChI=1S/C25H42O5/c1-14(5-8-22(29)30-4)17-6-7-18-23-19(13-21(28)25(17,18)3)24(2)10-9-16(26)11-15(24)12-20(23)27/h14-21,23,26-28H,5-13H2,1-4H3/t14-,15+,16+,17+,18+,19+,20+,21-,23+,24-,25+/m0/s1. The molecular weight excluding hydrogens is 380 g/mol. The molecule has 3 N–H and O–H groups in total. The molecule has 4 rings (SSSR count). The molecule has 4 aliphatic rings. The van der Waals surface area contributed by atoms with Crippen molar-refractivity contribution in [1.82, 2.24) is 0 Å². The molecule has 0 unspecified atom stereocenters. The minimum absolute atomic E-state index is 0.111. The minimum Gasteiger partial charge on any atom is -0.469 e. The van der Waals surface area contributed by atoms with Crippen LogP contribution in [0.25, 0.3) is 0 Å². The quantitative estimate of drug-likeness (QED) is 0.603. The van der Waals surface area contributed by atoms with E-state index in [0.717, 1.165) is 51.4 Å². The maximum Gasteiger partial charge on any atom is 0.305 e. The van der Waals surface area contributed by atoms with Crippen LogP contribution in [0.4, 0.5) is 0 Å². The van der Waals surface area contributed by atoms with Gasteiger partial charge in [-0.3, -0.25) is 4.79 Å². The van der Waals surface area contributed by atoms with E-state index in [-0.39, 0.29) is 41.0 Å². The number of rotatable bonds is 4. The third kappa shape index (κ3) is 3.34. The van der Waals surface area contributed by atoms with Crippen LogP contribution >= 0.6 is 0 Å². The Morgan fingerprint density at radius 2 is 1.80 bits per heavy atom. The Labute approximate surface area is 181 Å². The number of methoxy groups -OCH3 is 1. The van der Waals surface area contributed by atoms with Crippen molar-refractivity contribution in [2.24, 2.45) is 46.3 Å². The number of carbonyl (C=O) groups excluding carboxylic acids is 1. The SMILES string of the molecule is COC(=O)CC[C@H](C)[C@H]1CC[C@@H]2[C@H]3[C@H](O)C[C@H]4C[C@H](O)CC[C@]4(C)[C@@H]3C[C@H](O)[C@@]21C. The van der Waals surface area contributed by atoms with Crippen molar-refractivity contribution in [2.45, 2.75) is 96.9 Å². The van der Waals surface area contributed by atoms with Gasteiger partial charge in [0.05, 0.1) is 25.4 Å². The Kier molecular flexibility index (Phi) is 6.04. The van der Waals surface area contributed by atoms with Crippen LogP contribution < -0.4 is 0 Å². The first kappa shape index (κ1) is 22.5. The number of ether oxygens (including phenoxy) is 1. The summed E-state index contributed by atoms with van der Waals surface area (Å²) in [6.45, 7) is 6.85. The zero-order valence-corrected chi connectivity index (χ0v) is 19.2. The number of esters is 1. The van der Waals surface area contributed by atoms with Crippen molar-refractivity contribution < 1.29 is 24.9 Å². The van der Waals surface area contributed by atoms with E-state index in [1.165, 1.54) is 7.11 Å². The molecule has 0 bridgehead atoms. The summed E-state index contributed by atoms with van der Waals surface area (Å²) in [6, 6.07) is 0. The first-order valence-corrected chi connectivity index (χ1v) is 12.2. The minimum atomic E-state index is -0.369. The summed E-state index contributed by atoms with van der Waals surface area (Å²) in [5, 5.41) is 33.1. The second-order valence-corrected chi connectivity index (χ2v) is 11.6. The Morgan fingerprint density at radius 1 is 1.07 bits per heavy atom. The highest BCUT2D eigenvalue weighted by molar-refractivity contribution is 5.69. The van der Waals surface area contributed by atoms with Gasteiger partial charge in [-0.05, 0) is 97.7 Å². The number of carbonyl (C=O) groups is 1. The molecule has 5 heteroatoms. The van der Waals surface area contributed by atoms with E-state index in [9.17, 15) is 20.1 Å². The predicted octanol–water partition coefficient (Wildman–Crippen LogP) is 3.54. The molecular formula is C25H42O5. The molecule has 0 heterocycles. The molecule has 4 aliphatic carbocycles. The predicted molar refractivity (Wildman–Crippen MR) is 114 cm³/mol. The van der Waals surface area contributed by atoms with E-state index >= 15 is 0 Å². The third-order valence-electron chi connectivity index (χ3n) is 10.6. The molecule has 0 aromatic carbocycles. The van der Waals surface area contributed by atoms with Crippen molar-refractivity contribution in [3.63, 3.8) is 0 Å². The Morgan fingerprint density at radius 3 is 2.50 bits per heavy atom. The molecule has 30 heavy (non-hydrogen) atoms. The van der Waals surface area contributed by atoms with Crippen LogP contribution in [0, 0.1) is 46.3 Å². The molecule has 4 fully saturated rings. The smallest absolute Gasteiger partial charge is 0.305 e. The van der Waals surface area contributed by atoms with Gasteiger partial charge in [0.2, 0.25) is 0 Å². The van der Waals surface area contributed by atoms with Gasteiger partial charge in [0.25, 0.3) is 0 Å². The van der Waals surface area contributed by atoms with Gasteiger partial charge >= 0.3 is 5.97 Å². The van der Waals surface area contributed by atoms with Crippen LogP contribution in [0.2, 0.25) is 0 Å². The van der Waals surface area contributed by atoms with Gasteiger partial charge in [0.15, 0.2) is 0 Å². The topological polar surface area (TPSA) is 87.0 Å². The van der Waals surface area contributed by atoms with E-state index in [1.54, 1.807) is 0 Å². The zero-order chi connectivity index (χ0) is 21.8. The van der Waals surface area contributed by atoms with Crippen LogP contribution in [-0.4, -0.2) is 46.7 Å². The highest BCUT2D eigenvalue weighted by Crippen LogP contribution is 2.68. The van der Waals surface area contributed by atoms with E-state index < -0.39 is 0 Å². The lowest BCUT2D eigenvalue weighted by Crippen LogP contribution is -2.62. The van der Waals surface area contributed by atoms with Crippen molar-refractivity contribution in [2.75, 3.05) is 7.11 Å². The van der Waals surface area contributed by atoms with Gasteiger partial charge in [-0.2, -0.15) is 0 Å². The fourth-order valence-corrected chi connectivity index (χ4v) is 8.78. The maximum atomic E-state index is 11.7. The summed E-state index contributed by atoms with van der Waals surface area (Å²) in [5.41, 5.74) is -0.0882. The normalized spacial score (nSPS) is 51.4. The van der Waals surface area contributed by atoms with Crippen LogP contribution in [0.1, 0.15) is 78.6 Å². The highest BCUT2D eigenvalue weighted by atomic mass is 16.5. The lowest BCUT2D eigenvalue weighted by molar-refractivity contribution is -0.207. The van der Waals surface area contributed by atoms with Crippen LogP contribution in [0.15, 0.2) is 0 Å². The molecule has 0 spiro atoms. The van der Waals surface area contributed by atoms with Gasteiger partial charge < -0.3 is 20.1 Å². The molecule has 0 saturated heterocycles. The van der Waals surface area contributed by atoms with Gasteiger partial charge in [0, 0.05) is 6.42 Å². The number of hydrogen-bond donors (Lipinski definition) is 3. The molecule has 0 amide bonds. The molecule has 0 radical (unpaired) electrons. The maximum absolute atomic E-state index is 11.7. The Bertz CT molecular complexity index is 651. The first-order valence-electron chi connectivity index (χ1n) is 12.2. The van der Waals surface area contributed by atoms with Crippen molar-refractivity contribution in [1.29, 1.82) is 0 Å². The summed E-state index contributed by atoms with van der Waals surface area (Å²) in [4.78, 5) is 11.7. The summed E-state index contributed by atoms with van der Waals surface area (Å²) in [5.74, 6) is 1.81. The first-order chi connectivity index (χ1) is 14.1. The lowest BCUT2D eigenvalue weighted by Gasteiger charge is -2.63. The average molecular weight is 423 g/mol. The molecule has 11 atom stereocenters. The Balaban J connectivity index is 1.58. The molecule has 172 valence electrons. The van der Waals surface area contributed by atoms with Gasteiger partial charge in [-0.15, -0.1) is 0 Å². The number of aliphatic hydroxyl groups is 3. The van der Waals surface area contributed by atoms with Gasteiger partial charge in [0.1, 0.15) is 0 Å². The van der Waals surface area contributed by atoms with Crippen molar-refractivity contribution in [3.05, 3.63) is 0 Å². The van der Waals surface area contributed by atoms with Crippen molar-refractivity contribution >= 4 is 5.97 Å². The largest absolute Gasteiger partial charge is 0.469 e. The van der Waals surface area contributed by atoms with E-state index in [0.29, 0.717) is 36.0 Å². The molecule has 4 saturated carbocycles. The summed E-state index contributed by atoms with van der Waals surface area (Å²) in [7, 11) is 1.44. The summed E-state index contributed by atoms with van der Waals surface area (Å²) >= 11 is 0. The average Bonchev–Trinajstić information content (AvgIpc) is 3.06. The third-order valence-corrected chi connectivity index (χ3v) is 10.6. The molecule has 0 aliphatic heterocycles. The second-order valence-electron chi connectivity index (χ2n) is 11.6.